The summed E-state index contributed by atoms with van der Waals surface area (Å²) in [4.78, 5) is 12.0. The van der Waals surface area contributed by atoms with E-state index in [9.17, 15) is 9.90 Å². The van der Waals surface area contributed by atoms with Gasteiger partial charge in [-0.15, -0.1) is 5.10 Å². The van der Waals surface area contributed by atoms with Gasteiger partial charge in [0.1, 0.15) is 5.69 Å². The number of nitrogens with one attached hydrogen (secondary N) is 1. The molecule has 2 atom stereocenters. The first-order valence-corrected chi connectivity index (χ1v) is 8.16. The summed E-state index contributed by atoms with van der Waals surface area (Å²) >= 11 is 0. The van der Waals surface area contributed by atoms with E-state index in [1.807, 2.05) is 24.4 Å². The zero-order chi connectivity index (χ0) is 16.1. The van der Waals surface area contributed by atoms with Crippen molar-refractivity contribution in [2.45, 2.75) is 50.8 Å². The highest BCUT2D eigenvalue weighted by Gasteiger charge is 2.24. The number of rotatable bonds is 4. The van der Waals surface area contributed by atoms with Crippen LogP contribution in [0.4, 0.5) is 0 Å². The van der Waals surface area contributed by atoms with Crippen molar-refractivity contribution in [2.75, 3.05) is 0 Å². The van der Waals surface area contributed by atoms with Crippen molar-refractivity contribution in [3.05, 3.63) is 47.8 Å². The van der Waals surface area contributed by atoms with Gasteiger partial charge in [0.2, 0.25) is 0 Å². The highest BCUT2D eigenvalue weighted by atomic mass is 16.3. The van der Waals surface area contributed by atoms with E-state index in [2.05, 4.69) is 15.6 Å². The molecule has 1 fully saturated rings. The van der Waals surface area contributed by atoms with Gasteiger partial charge in [-0.05, 0) is 25.0 Å². The summed E-state index contributed by atoms with van der Waals surface area (Å²) < 4.78 is 1.75. The summed E-state index contributed by atoms with van der Waals surface area (Å²) in [7, 11) is 0. The molecule has 3 rings (SSSR count). The molecule has 1 amide bonds. The molecule has 0 saturated heterocycles. The predicted octanol–water partition coefficient (Wildman–Crippen LogP) is 2.07. The summed E-state index contributed by atoms with van der Waals surface area (Å²) in [5.41, 5.74) is 1.32. The number of carbonyl (C=O) groups excluding carboxylic acids is 1. The average Bonchev–Trinajstić information content (AvgIpc) is 2.94. The van der Waals surface area contributed by atoms with Crippen molar-refractivity contribution in [3.63, 3.8) is 0 Å². The van der Waals surface area contributed by atoms with Crippen LogP contribution in [0.15, 0.2) is 36.5 Å². The summed E-state index contributed by atoms with van der Waals surface area (Å²) in [5.74, 6) is -0.130. The Morgan fingerprint density at radius 3 is 2.83 bits per heavy atom. The SMILES string of the molecule is O=C(NCc1cn([C@@H]2CCCCC[C@H]2O)nn1)c1ccccc1. The number of nitrogens with zero attached hydrogens (tertiary/aromatic N) is 3. The van der Waals surface area contributed by atoms with Gasteiger partial charge in [-0.1, -0.05) is 42.7 Å². The quantitative estimate of drug-likeness (QED) is 0.847. The molecular weight excluding hydrogens is 292 g/mol. The van der Waals surface area contributed by atoms with Gasteiger partial charge >= 0.3 is 0 Å². The van der Waals surface area contributed by atoms with E-state index in [0.29, 0.717) is 17.8 Å². The van der Waals surface area contributed by atoms with Gasteiger partial charge in [-0.25, -0.2) is 4.68 Å². The van der Waals surface area contributed by atoms with Crippen LogP contribution in [0.2, 0.25) is 0 Å². The normalized spacial score (nSPS) is 21.6. The topological polar surface area (TPSA) is 80.0 Å². The van der Waals surface area contributed by atoms with Crippen LogP contribution in [0.1, 0.15) is 54.2 Å². The third kappa shape index (κ3) is 3.96. The Kier molecular flexibility index (Phi) is 5.02. The molecule has 6 nitrogen and oxygen atoms in total. The van der Waals surface area contributed by atoms with Crippen LogP contribution in [-0.4, -0.2) is 32.1 Å². The molecule has 1 aliphatic rings. The molecule has 2 aromatic rings. The minimum absolute atomic E-state index is 0.0106. The van der Waals surface area contributed by atoms with E-state index >= 15 is 0 Å². The van der Waals surface area contributed by atoms with Crippen LogP contribution in [0.3, 0.4) is 0 Å². The summed E-state index contributed by atoms with van der Waals surface area (Å²) in [5, 5.41) is 21.3. The fraction of sp³-hybridized carbons (Fsp3) is 0.471. The zero-order valence-electron chi connectivity index (χ0n) is 13.1. The molecule has 122 valence electrons. The maximum atomic E-state index is 12.0. The van der Waals surface area contributed by atoms with Crippen LogP contribution in [0, 0.1) is 0 Å². The van der Waals surface area contributed by atoms with Gasteiger partial charge in [0.05, 0.1) is 24.9 Å². The maximum Gasteiger partial charge on any atom is 0.251 e. The summed E-state index contributed by atoms with van der Waals surface area (Å²) in [6, 6.07) is 9.07. The van der Waals surface area contributed by atoms with E-state index in [1.54, 1.807) is 16.8 Å². The number of amides is 1. The van der Waals surface area contributed by atoms with Crippen molar-refractivity contribution in [2.24, 2.45) is 0 Å². The first-order chi connectivity index (χ1) is 11.2. The second kappa shape index (κ2) is 7.37. The lowest BCUT2D eigenvalue weighted by atomic mass is 10.1. The highest BCUT2D eigenvalue weighted by molar-refractivity contribution is 5.93. The monoisotopic (exact) mass is 314 g/mol. The van der Waals surface area contributed by atoms with Gasteiger partial charge in [-0.3, -0.25) is 4.79 Å². The van der Waals surface area contributed by atoms with E-state index in [0.717, 1.165) is 32.1 Å². The minimum atomic E-state index is -0.369. The first-order valence-electron chi connectivity index (χ1n) is 8.16. The Labute approximate surface area is 135 Å². The molecule has 1 saturated carbocycles. The Balaban J connectivity index is 1.60. The van der Waals surface area contributed by atoms with Crippen LogP contribution in [0.5, 0.6) is 0 Å². The van der Waals surface area contributed by atoms with Crippen molar-refractivity contribution in [1.82, 2.24) is 20.3 Å². The Morgan fingerprint density at radius 2 is 2.00 bits per heavy atom. The second-order valence-corrected chi connectivity index (χ2v) is 6.01. The third-order valence-corrected chi connectivity index (χ3v) is 4.31. The van der Waals surface area contributed by atoms with Crippen molar-refractivity contribution >= 4 is 5.91 Å². The highest BCUT2D eigenvalue weighted by Crippen LogP contribution is 2.26. The molecule has 1 aromatic heterocycles. The fourth-order valence-electron chi connectivity index (χ4n) is 3.00. The molecule has 1 aromatic carbocycles. The Morgan fingerprint density at radius 1 is 1.22 bits per heavy atom. The molecule has 0 aliphatic heterocycles. The van der Waals surface area contributed by atoms with Gasteiger partial charge in [0.15, 0.2) is 0 Å². The smallest absolute Gasteiger partial charge is 0.251 e. The van der Waals surface area contributed by atoms with Crippen molar-refractivity contribution < 1.29 is 9.90 Å². The largest absolute Gasteiger partial charge is 0.391 e. The molecular formula is C17H22N4O2. The number of benzene rings is 1. The van der Waals surface area contributed by atoms with Crippen LogP contribution < -0.4 is 5.32 Å². The van der Waals surface area contributed by atoms with Crippen molar-refractivity contribution in [3.8, 4) is 0 Å². The van der Waals surface area contributed by atoms with Gasteiger partial charge < -0.3 is 10.4 Å². The maximum absolute atomic E-state index is 12.0. The average molecular weight is 314 g/mol. The lowest BCUT2D eigenvalue weighted by molar-refractivity contribution is 0.0949. The van der Waals surface area contributed by atoms with Gasteiger partial charge in [0.25, 0.3) is 5.91 Å². The number of aliphatic hydroxyl groups excluding tert-OH is 1. The first kappa shape index (κ1) is 15.7. The lowest BCUT2D eigenvalue weighted by Gasteiger charge is -2.19. The van der Waals surface area contributed by atoms with Crippen LogP contribution in [-0.2, 0) is 6.54 Å². The van der Waals surface area contributed by atoms with E-state index in [-0.39, 0.29) is 18.1 Å². The third-order valence-electron chi connectivity index (χ3n) is 4.31. The molecule has 0 radical (unpaired) electrons. The molecule has 1 aliphatic carbocycles. The summed E-state index contributed by atoms with van der Waals surface area (Å²) in [6.07, 6.45) is 6.50. The number of aromatic nitrogens is 3. The molecule has 1 heterocycles. The van der Waals surface area contributed by atoms with Crippen LogP contribution >= 0.6 is 0 Å². The molecule has 2 N–H and O–H groups in total. The van der Waals surface area contributed by atoms with E-state index in [1.165, 1.54) is 0 Å². The molecule has 6 heteroatoms. The minimum Gasteiger partial charge on any atom is -0.391 e. The van der Waals surface area contributed by atoms with E-state index in [4.69, 9.17) is 0 Å². The van der Waals surface area contributed by atoms with E-state index < -0.39 is 0 Å². The van der Waals surface area contributed by atoms with Gasteiger partial charge in [0, 0.05) is 5.56 Å². The zero-order valence-corrected chi connectivity index (χ0v) is 13.1. The Bertz CT molecular complexity index is 641. The molecule has 23 heavy (non-hydrogen) atoms. The molecule has 0 bridgehead atoms. The second-order valence-electron chi connectivity index (χ2n) is 6.01. The number of aliphatic hydroxyl groups is 1. The standard InChI is InChI=1S/C17H22N4O2/c22-16-10-6-2-5-9-15(16)21-12-14(19-20-21)11-18-17(23)13-7-3-1-4-8-13/h1,3-4,7-8,12,15-16,22H,2,5-6,9-11H2,(H,18,23)/t15-,16-/m1/s1. The van der Waals surface area contributed by atoms with Crippen molar-refractivity contribution in [1.29, 1.82) is 0 Å². The predicted molar refractivity (Wildman–Crippen MR) is 85.8 cm³/mol. The lowest BCUT2D eigenvalue weighted by Crippen LogP contribution is -2.24. The summed E-state index contributed by atoms with van der Waals surface area (Å²) in [6.45, 7) is 0.330. The number of hydrogen-bond acceptors (Lipinski definition) is 4. The van der Waals surface area contributed by atoms with Crippen LogP contribution in [0.25, 0.3) is 0 Å². The molecule has 0 unspecified atom stereocenters. The Hall–Kier alpha value is -2.21. The van der Waals surface area contributed by atoms with Gasteiger partial charge in [-0.2, -0.15) is 0 Å². The fourth-order valence-corrected chi connectivity index (χ4v) is 3.00. The number of hydrogen-bond donors (Lipinski definition) is 2. The molecule has 0 spiro atoms. The number of carbonyl (C=O) groups is 1.